The monoisotopic (exact) mass is 313 g/mol. The maximum atomic E-state index is 5.96. The van der Waals surface area contributed by atoms with Gasteiger partial charge in [0.05, 0.1) is 6.61 Å². The number of rotatable bonds is 7. The van der Waals surface area contributed by atoms with Crippen LogP contribution in [-0.4, -0.2) is 32.4 Å². The fourth-order valence-electron chi connectivity index (χ4n) is 1.79. The van der Waals surface area contributed by atoms with Gasteiger partial charge in [-0.2, -0.15) is 0 Å². The third-order valence-corrected chi connectivity index (χ3v) is 3.89. The third kappa shape index (κ3) is 4.26. The van der Waals surface area contributed by atoms with Crippen LogP contribution < -0.4 is 10.1 Å². The second kappa shape index (κ2) is 6.55. The van der Waals surface area contributed by atoms with E-state index in [0.717, 1.165) is 16.8 Å². The third-order valence-electron chi connectivity index (χ3n) is 3.00. The Labute approximate surface area is 117 Å². The summed E-state index contributed by atoms with van der Waals surface area (Å²) < 4.78 is 12.3. The Morgan fingerprint density at radius 1 is 1.44 bits per heavy atom. The van der Waals surface area contributed by atoms with Crippen LogP contribution in [-0.2, 0) is 4.74 Å². The first-order chi connectivity index (χ1) is 8.69. The molecule has 0 aromatic heterocycles. The first-order valence-electron chi connectivity index (χ1n) is 6.34. The summed E-state index contributed by atoms with van der Waals surface area (Å²) in [5, 5.41) is 3.47. The van der Waals surface area contributed by atoms with Gasteiger partial charge in [0.15, 0.2) is 0 Å². The number of aryl methyl sites for hydroxylation is 1. The zero-order valence-corrected chi connectivity index (χ0v) is 12.5. The van der Waals surface area contributed by atoms with Gasteiger partial charge in [0.1, 0.15) is 11.9 Å². The molecule has 1 N–H and O–H groups in total. The number of halogens is 1. The minimum Gasteiger partial charge on any atom is -0.487 e. The van der Waals surface area contributed by atoms with Crippen LogP contribution in [0.2, 0.25) is 0 Å². The maximum Gasteiger partial charge on any atom is 0.134 e. The minimum absolute atomic E-state index is 0.0659. The molecule has 100 valence electrons. The van der Waals surface area contributed by atoms with E-state index in [1.54, 1.807) is 7.11 Å². The molecule has 1 aromatic rings. The van der Waals surface area contributed by atoms with Crippen molar-refractivity contribution in [2.24, 2.45) is 0 Å². The van der Waals surface area contributed by atoms with Gasteiger partial charge >= 0.3 is 0 Å². The lowest BCUT2D eigenvalue weighted by molar-refractivity contribution is 0.0803. The Kier molecular flexibility index (Phi) is 5.03. The zero-order valence-electron chi connectivity index (χ0n) is 10.9. The Morgan fingerprint density at radius 2 is 2.22 bits per heavy atom. The quantitative estimate of drug-likeness (QED) is 0.839. The predicted molar refractivity (Wildman–Crippen MR) is 76.2 cm³/mol. The molecule has 1 fully saturated rings. The molecule has 1 unspecified atom stereocenters. The Hall–Kier alpha value is -0.580. The molecule has 0 aliphatic heterocycles. The highest BCUT2D eigenvalue weighted by Crippen LogP contribution is 2.23. The van der Waals surface area contributed by atoms with Crippen molar-refractivity contribution >= 4 is 15.9 Å². The SMILES string of the molecule is COCC(CNC1CC1)Oc1ccc(Br)c(C)c1. The van der Waals surface area contributed by atoms with Crippen molar-refractivity contribution in [3.63, 3.8) is 0 Å². The van der Waals surface area contributed by atoms with Gasteiger partial charge in [-0.1, -0.05) is 15.9 Å². The van der Waals surface area contributed by atoms with Gasteiger partial charge in [0.2, 0.25) is 0 Å². The van der Waals surface area contributed by atoms with Crippen molar-refractivity contribution in [2.75, 3.05) is 20.3 Å². The van der Waals surface area contributed by atoms with E-state index in [2.05, 4.69) is 28.2 Å². The number of hydrogen-bond donors (Lipinski definition) is 1. The molecular formula is C14H20BrNO2. The van der Waals surface area contributed by atoms with Crippen LogP contribution in [0.5, 0.6) is 5.75 Å². The van der Waals surface area contributed by atoms with Crippen molar-refractivity contribution in [2.45, 2.75) is 31.9 Å². The molecule has 0 heterocycles. The molecule has 1 atom stereocenters. The van der Waals surface area contributed by atoms with Crippen LogP contribution in [0.3, 0.4) is 0 Å². The summed E-state index contributed by atoms with van der Waals surface area (Å²) in [5.74, 6) is 0.898. The molecule has 0 bridgehead atoms. The van der Waals surface area contributed by atoms with E-state index in [0.29, 0.717) is 12.6 Å². The fraction of sp³-hybridized carbons (Fsp3) is 0.571. The number of benzene rings is 1. The lowest BCUT2D eigenvalue weighted by Crippen LogP contribution is -2.35. The van der Waals surface area contributed by atoms with Crippen molar-refractivity contribution < 1.29 is 9.47 Å². The van der Waals surface area contributed by atoms with Crippen molar-refractivity contribution in [3.8, 4) is 5.75 Å². The van der Waals surface area contributed by atoms with Crippen LogP contribution in [0.1, 0.15) is 18.4 Å². The standard InChI is InChI=1S/C14H20BrNO2/c1-10-7-12(5-6-14(10)15)18-13(9-17-2)8-16-11-3-4-11/h5-7,11,13,16H,3-4,8-9H2,1-2H3. The van der Waals surface area contributed by atoms with Gasteiger partial charge in [-0.25, -0.2) is 0 Å². The Morgan fingerprint density at radius 3 is 2.83 bits per heavy atom. The summed E-state index contributed by atoms with van der Waals surface area (Å²) in [4.78, 5) is 0. The molecule has 0 saturated heterocycles. The van der Waals surface area contributed by atoms with Crippen molar-refractivity contribution in [1.29, 1.82) is 0 Å². The largest absolute Gasteiger partial charge is 0.487 e. The van der Waals surface area contributed by atoms with E-state index >= 15 is 0 Å². The molecule has 3 nitrogen and oxygen atoms in total. The summed E-state index contributed by atoms with van der Waals surface area (Å²) in [6.45, 7) is 3.51. The van der Waals surface area contributed by atoms with E-state index in [1.165, 1.54) is 18.4 Å². The normalized spacial score (nSPS) is 16.6. The minimum atomic E-state index is 0.0659. The van der Waals surface area contributed by atoms with Crippen LogP contribution >= 0.6 is 15.9 Å². The number of methoxy groups -OCH3 is 1. The van der Waals surface area contributed by atoms with E-state index in [9.17, 15) is 0 Å². The second-order valence-corrected chi connectivity index (χ2v) is 5.64. The smallest absolute Gasteiger partial charge is 0.134 e. The van der Waals surface area contributed by atoms with Gasteiger partial charge in [-0.05, 0) is 43.5 Å². The number of hydrogen-bond acceptors (Lipinski definition) is 3. The van der Waals surface area contributed by atoms with Crippen molar-refractivity contribution in [1.82, 2.24) is 5.32 Å². The lowest BCUT2D eigenvalue weighted by Gasteiger charge is -2.19. The molecule has 4 heteroatoms. The predicted octanol–water partition coefficient (Wildman–Crippen LogP) is 2.90. The van der Waals surface area contributed by atoms with Gasteiger partial charge in [0, 0.05) is 24.2 Å². The average Bonchev–Trinajstić information content (AvgIpc) is 3.15. The van der Waals surface area contributed by atoms with E-state index in [-0.39, 0.29) is 6.10 Å². The molecule has 1 aliphatic rings. The molecule has 1 aromatic carbocycles. The van der Waals surface area contributed by atoms with Gasteiger partial charge in [-0.3, -0.25) is 0 Å². The van der Waals surface area contributed by atoms with Crippen molar-refractivity contribution in [3.05, 3.63) is 28.2 Å². The van der Waals surface area contributed by atoms with Gasteiger partial charge in [-0.15, -0.1) is 0 Å². The Balaban J connectivity index is 1.90. The molecule has 1 aliphatic carbocycles. The second-order valence-electron chi connectivity index (χ2n) is 4.79. The fourth-order valence-corrected chi connectivity index (χ4v) is 2.04. The maximum absolute atomic E-state index is 5.96. The summed E-state index contributed by atoms with van der Waals surface area (Å²) in [7, 11) is 1.71. The van der Waals surface area contributed by atoms with E-state index < -0.39 is 0 Å². The first kappa shape index (κ1) is 13.8. The lowest BCUT2D eigenvalue weighted by atomic mass is 10.2. The zero-order chi connectivity index (χ0) is 13.0. The number of nitrogens with one attached hydrogen (secondary N) is 1. The van der Waals surface area contributed by atoms with Crippen LogP contribution in [0.25, 0.3) is 0 Å². The highest BCUT2D eigenvalue weighted by molar-refractivity contribution is 9.10. The summed E-state index contributed by atoms with van der Waals surface area (Å²) in [6.07, 6.45) is 2.64. The molecular weight excluding hydrogens is 294 g/mol. The van der Waals surface area contributed by atoms with E-state index in [4.69, 9.17) is 9.47 Å². The van der Waals surface area contributed by atoms with Crippen LogP contribution in [0.4, 0.5) is 0 Å². The first-order valence-corrected chi connectivity index (χ1v) is 7.13. The molecule has 0 amide bonds. The Bertz CT molecular complexity index is 393. The highest BCUT2D eigenvalue weighted by atomic mass is 79.9. The molecule has 0 radical (unpaired) electrons. The topological polar surface area (TPSA) is 30.5 Å². The van der Waals surface area contributed by atoms with Gasteiger partial charge < -0.3 is 14.8 Å². The van der Waals surface area contributed by atoms with Crippen LogP contribution in [0.15, 0.2) is 22.7 Å². The molecule has 0 spiro atoms. The molecule has 18 heavy (non-hydrogen) atoms. The number of ether oxygens (including phenoxy) is 2. The molecule has 2 rings (SSSR count). The highest BCUT2D eigenvalue weighted by Gasteiger charge is 2.22. The molecule has 1 saturated carbocycles. The van der Waals surface area contributed by atoms with Gasteiger partial charge in [0.25, 0.3) is 0 Å². The van der Waals surface area contributed by atoms with Crippen LogP contribution in [0, 0.1) is 6.92 Å². The summed E-state index contributed by atoms with van der Waals surface area (Å²) >= 11 is 3.49. The average molecular weight is 314 g/mol. The van der Waals surface area contributed by atoms with E-state index in [1.807, 2.05) is 18.2 Å². The summed E-state index contributed by atoms with van der Waals surface area (Å²) in [5.41, 5.74) is 1.18. The summed E-state index contributed by atoms with van der Waals surface area (Å²) in [6, 6.07) is 6.74.